The molecule has 0 aromatic heterocycles. The maximum atomic E-state index is 10.4. The van der Waals surface area contributed by atoms with Crippen molar-refractivity contribution >= 4 is 11.7 Å². The average molecular weight is 249 g/mol. The van der Waals surface area contributed by atoms with Gasteiger partial charge in [0.2, 0.25) is 0 Å². The van der Waals surface area contributed by atoms with Gasteiger partial charge in [-0.05, 0) is 24.5 Å². The fourth-order valence-corrected chi connectivity index (χ4v) is 2.29. The summed E-state index contributed by atoms with van der Waals surface area (Å²) < 4.78 is 5.17. The first kappa shape index (κ1) is 12.7. The van der Waals surface area contributed by atoms with Crippen LogP contribution < -0.4 is 9.64 Å². The molecule has 4 nitrogen and oxygen atoms in total. The molecule has 0 atom stereocenters. The van der Waals surface area contributed by atoms with E-state index in [2.05, 4.69) is 11.8 Å². The lowest BCUT2D eigenvalue weighted by Crippen LogP contribution is -2.46. The summed E-state index contributed by atoms with van der Waals surface area (Å²) >= 11 is 0. The molecule has 2 rings (SSSR count). The number of nitrogens with zero attached hydrogens (tertiary/aromatic N) is 1. The van der Waals surface area contributed by atoms with E-state index in [4.69, 9.17) is 9.84 Å². The van der Waals surface area contributed by atoms with Gasteiger partial charge in [-0.3, -0.25) is 0 Å². The lowest BCUT2D eigenvalue weighted by Gasteiger charge is -2.41. The number of anilines is 1. The van der Waals surface area contributed by atoms with Crippen LogP contribution in [0.15, 0.2) is 24.3 Å². The lowest BCUT2D eigenvalue weighted by molar-refractivity contribution is -0.139. The number of carboxylic acid groups (broad SMARTS) is 1. The molecule has 1 aliphatic rings. The van der Waals surface area contributed by atoms with E-state index in [1.165, 1.54) is 12.8 Å². The predicted octanol–water partition coefficient (Wildman–Crippen LogP) is 2.39. The summed E-state index contributed by atoms with van der Waals surface area (Å²) in [4.78, 5) is 12.7. The Bertz CT molecular complexity index is 413. The van der Waals surface area contributed by atoms with Crippen molar-refractivity contribution in [1.82, 2.24) is 0 Å². The molecule has 98 valence electrons. The van der Waals surface area contributed by atoms with Crippen LogP contribution in [0.5, 0.6) is 5.75 Å². The topological polar surface area (TPSA) is 49.8 Å². The molecule has 0 bridgehead atoms. The Labute approximate surface area is 107 Å². The van der Waals surface area contributed by atoms with Gasteiger partial charge in [0.15, 0.2) is 6.61 Å². The first-order valence-electron chi connectivity index (χ1n) is 6.38. The van der Waals surface area contributed by atoms with Crippen LogP contribution in [0, 0.1) is 5.92 Å². The zero-order chi connectivity index (χ0) is 13.0. The number of aliphatic carboxylic acids is 1. The van der Waals surface area contributed by atoms with Crippen molar-refractivity contribution in [3.8, 4) is 5.75 Å². The molecule has 1 saturated heterocycles. The highest BCUT2D eigenvalue weighted by Gasteiger charge is 2.25. The van der Waals surface area contributed by atoms with E-state index < -0.39 is 5.97 Å². The van der Waals surface area contributed by atoms with Gasteiger partial charge in [-0.15, -0.1) is 0 Å². The van der Waals surface area contributed by atoms with Gasteiger partial charge in [-0.1, -0.05) is 19.4 Å². The molecule has 1 aromatic carbocycles. The first-order valence-corrected chi connectivity index (χ1v) is 6.38. The summed E-state index contributed by atoms with van der Waals surface area (Å²) in [6.45, 7) is 4.11. The minimum atomic E-state index is -0.952. The molecular weight excluding hydrogens is 230 g/mol. The van der Waals surface area contributed by atoms with Crippen molar-refractivity contribution < 1.29 is 14.6 Å². The van der Waals surface area contributed by atoms with Crippen LogP contribution in [0.2, 0.25) is 0 Å². The molecule has 1 aromatic rings. The highest BCUT2D eigenvalue weighted by molar-refractivity contribution is 5.68. The van der Waals surface area contributed by atoms with E-state index in [1.54, 1.807) is 6.07 Å². The number of hydrogen-bond donors (Lipinski definition) is 1. The monoisotopic (exact) mass is 249 g/mol. The standard InChI is InChI=1S/C14H19NO3/c1-2-4-11-8-15(9-11)12-5-3-6-13(7-12)18-10-14(16)17/h3,5-7,11H,2,4,8-10H2,1H3,(H,16,17). The quantitative estimate of drug-likeness (QED) is 0.841. The van der Waals surface area contributed by atoms with Crippen LogP contribution in [-0.2, 0) is 4.79 Å². The van der Waals surface area contributed by atoms with Crippen LogP contribution in [0.1, 0.15) is 19.8 Å². The van der Waals surface area contributed by atoms with Gasteiger partial charge in [0.1, 0.15) is 5.75 Å². The zero-order valence-electron chi connectivity index (χ0n) is 10.6. The van der Waals surface area contributed by atoms with Crippen LogP contribution in [0.4, 0.5) is 5.69 Å². The van der Waals surface area contributed by atoms with Gasteiger partial charge in [-0.2, -0.15) is 0 Å². The minimum Gasteiger partial charge on any atom is -0.482 e. The zero-order valence-corrected chi connectivity index (χ0v) is 10.6. The van der Waals surface area contributed by atoms with Gasteiger partial charge < -0.3 is 14.7 Å². The largest absolute Gasteiger partial charge is 0.482 e. The molecule has 1 aliphatic heterocycles. The van der Waals surface area contributed by atoms with Crippen LogP contribution in [0.25, 0.3) is 0 Å². The Balaban J connectivity index is 1.90. The molecule has 0 radical (unpaired) electrons. The SMILES string of the molecule is CCCC1CN(c2cccc(OCC(=O)O)c2)C1. The number of ether oxygens (including phenoxy) is 1. The summed E-state index contributed by atoms with van der Waals surface area (Å²) in [7, 11) is 0. The van der Waals surface area contributed by atoms with Gasteiger partial charge in [0.25, 0.3) is 0 Å². The van der Waals surface area contributed by atoms with Gasteiger partial charge in [-0.25, -0.2) is 4.79 Å². The van der Waals surface area contributed by atoms with Crippen LogP contribution in [-0.4, -0.2) is 30.8 Å². The highest BCUT2D eigenvalue weighted by Crippen LogP contribution is 2.29. The second-order valence-corrected chi connectivity index (χ2v) is 4.74. The second kappa shape index (κ2) is 5.76. The van der Waals surface area contributed by atoms with Crippen LogP contribution in [0.3, 0.4) is 0 Å². The number of carbonyl (C=O) groups is 1. The predicted molar refractivity (Wildman–Crippen MR) is 70.2 cm³/mol. The number of rotatable bonds is 6. The fourth-order valence-electron chi connectivity index (χ4n) is 2.29. The van der Waals surface area contributed by atoms with E-state index in [1.807, 2.05) is 18.2 Å². The van der Waals surface area contributed by atoms with E-state index in [-0.39, 0.29) is 6.61 Å². The van der Waals surface area contributed by atoms with Crippen LogP contribution >= 0.6 is 0 Å². The molecule has 1 heterocycles. The number of hydrogen-bond acceptors (Lipinski definition) is 3. The maximum Gasteiger partial charge on any atom is 0.341 e. The van der Waals surface area contributed by atoms with Gasteiger partial charge in [0.05, 0.1) is 0 Å². The smallest absolute Gasteiger partial charge is 0.341 e. The molecular formula is C14H19NO3. The Hall–Kier alpha value is -1.71. The Morgan fingerprint density at radius 2 is 2.28 bits per heavy atom. The molecule has 18 heavy (non-hydrogen) atoms. The number of carboxylic acids is 1. The van der Waals surface area contributed by atoms with E-state index in [0.717, 1.165) is 24.7 Å². The van der Waals surface area contributed by atoms with Gasteiger partial charge >= 0.3 is 5.97 Å². The Kier molecular flexibility index (Phi) is 4.07. The Morgan fingerprint density at radius 1 is 1.50 bits per heavy atom. The van der Waals surface area contributed by atoms with Crippen molar-refractivity contribution in [3.63, 3.8) is 0 Å². The lowest BCUT2D eigenvalue weighted by atomic mass is 9.94. The third-order valence-corrected chi connectivity index (χ3v) is 3.20. The molecule has 1 N–H and O–H groups in total. The highest BCUT2D eigenvalue weighted by atomic mass is 16.5. The van der Waals surface area contributed by atoms with Crippen molar-refractivity contribution in [3.05, 3.63) is 24.3 Å². The Morgan fingerprint density at radius 3 is 2.94 bits per heavy atom. The molecule has 0 saturated carbocycles. The minimum absolute atomic E-state index is 0.290. The molecule has 0 unspecified atom stereocenters. The van der Waals surface area contributed by atoms with E-state index in [0.29, 0.717) is 5.75 Å². The fraction of sp³-hybridized carbons (Fsp3) is 0.500. The third-order valence-electron chi connectivity index (χ3n) is 3.20. The van der Waals surface area contributed by atoms with E-state index >= 15 is 0 Å². The van der Waals surface area contributed by atoms with Gasteiger partial charge in [0, 0.05) is 24.8 Å². The summed E-state index contributed by atoms with van der Waals surface area (Å²) in [5.74, 6) is 0.472. The summed E-state index contributed by atoms with van der Waals surface area (Å²) in [5, 5.41) is 8.57. The van der Waals surface area contributed by atoms with Crippen molar-refractivity contribution in [2.24, 2.45) is 5.92 Å². The normalized spacial score (nSPS) is 15.3. The summed E-state index contributed by atoms with van der Waals surface area (Å²) in [5.41, 5.74) is 1.12. The summed E-state index contributed by atoms with van der Waals surface area (Å²) in [6.07, 6.45) is 2.52. The second-order valence-electron chi connectivity index (χ2n) is 4.74. The van der Waals surface area contributed by atoms with Crippen molar-refractivity contribution in [1.29, 1.82) is 0 Å². The maximum absolute atomic E-state index is 10.4. The van der Waals surface area contributed by atoms with E-state index in [9.17, 15) is 4.79 Å². The molecule has 1 fully saturated rings. The average Bonchev–Trinajstić information content (AvgIpc) is 2.31. The molecule has 0 amide bonds. The first-order chi connectivity index (χ1) is 8.69. The van der Waals surface area contributed by atoms with Crippen molar-refractivity contribution in [2.75, 3.05) is 24.6 Å². The molecule has 0 aliphatic carbocycles. The summed E-state index contributed by atoms with van der Waals surface area (Å²) in [6, 6.07) is 7.64. The van der Waals surface area contributed by atoms with Crippen molar-refractivity contribution in [2.45, 2.75) is 19.8 Å². The third kappa shape index (κ3) is 3.15. The number of benzene rings is 1. The molecule has 4 heteroatoms. The molecule has 0 spiro atoms.